The highest BCUT2D eigenvalue weighted by Gasteiger charge is 2.38. The SMILES string of the molecule is CCOC1=N[C@H]([C@@H](CC(=O)OC)c2ccccc2)C(OCc2ccccc2)=N[C@H]1C(C)C. The van der Waals surface area contributed by atoms with Crippen LogP contribution in [0.4, 0.5) is 0 Å². The van der Waals surface area contributed by atoms with Crippen LogP contribution in [0.25, 0.3) is 0 Å². The van der Waals surface area contributed by atoms with Gasteiger partial charge in [-0.05, 0) is 24.0 Å². The van der Waals surface area contributed by atoms with E-state index in [9.17, 15) is 4.79 Å². The van der Waals surface area contributed by atoms with Crippen LogP contribution in [-0.4, -0.2) is 43.6 Å². The maximum absolute atomic E-state index is 12.3. The lowest BCUT2D eigenvalue weighted by Gasteiger charge is -2.32. The number of ether oxygens (including phenoxy) is 3. The van der Waals surface area contributed by atoms with Crippen LogP contribution >= 0.6 is 0 Å². The summed E-state index contributed by atoms with van der Waals surface area (Å²) in [5.41, 5.74) is 2.01. The van der Waals surface area contributed by atoms with E-state index < -0.39 is 6.04 Å². The zero-order chi connectivity index (χ0) is 22.9. The number of rotatable bonds is 8. The molecule has 6 nitrogen and oxygen atoms in total. The fourth-order valence-electron chi connectivity index (χ4n) is 3.73. The van der Waals surface area contributed by atoms with Gasteiger partial charge in [-0.25, -0.2) is 9.98 Å². The molecule has 3 rings (SSSR count). The van der Waals surface area contributed by atoms with Gasteiger partial charge in [0.2, 0.25) is 11.8 Å². The van der Waals surface area contributed by atoms with Crippen molar-refractivity contribution in [3.8, 4) is 0 Å². The first-order valence-electron chi connectivity index (χ1n) is 11.1. The minimum absolute atomic E-state index is 0.161. The molecule has 1 aliphatic rings. The molecule has 0 N–H and O–H groups in total. The molecule has 0 saturated carbocycles. The Balaban J connectivity index is 2.00. The molecule has 0 aliphatic carbocycles. The number of carbonyl (C=O) groups is 1. The third-order valence-corrected chi connectivity index (χ3v) is 5.42. The Hall–Kier alpha value is -3.15. The first-order valence-corrected chi connectivity index (χ1v) is 11.1. The molecule has 6 heteroatoms. The van der Waals surface area contributed by atoms with Gasteiger partial charge in [0, 0.05) is 5.92 Å². The largest absolute Gasteiger partial charge is 0.480 e. The van der Waals surface area contributed by atoms with Crippen LogP contribution in [0.2, 0.25) is 0 Å². The summed E-state index contributed by atoms with van der Waals surface area (Å²) >= 11 is 0. The molecule has 170 valence electrons. The number of nitrogens with zero attached hydrogens (tertiary/aromatic N) is 2. The van der Waals surface area contributed by atoms with Gasteiger partial charge < -0.3 is 14.2 Å². The lowest BCUT2D eigenvalue weighted by Crippen LogP contribution is -2.41. The zero-order valence-electron chi connectivity index (χ0n) is 19.2. The van der Waals surface area contributed by atoms with E-state index in [0.717, 1.165) is 11.1 Å². The average Bonchev–Trinajstić information content (AvgIpc) is 2.82. The van der Waals surface area contributed by atoms with Gasteiger partial charge in [0.05, 0.1) is 20.1 Å². The molecule has 2 aromatic carbocycles. The lowest BCUT2D eigenvalue weighted by atomic mass is 9.87. The van der Waals surface area contributed by atoms with Gasteiger partial charge in [-0.15, -0.1) is 0 Å². The van der Waals surface area contributed by atoms with E-state index in [4.69, 9.17) is 24.2 Å². The Kier molecular flexibility index (Phi) is 8.42. The van der Waals surface area contributed by atoms with Gasteiger partial charge in [-0.2, -0.15) is 0 Å². The molecule has 0 aromatic heterocycles. The molecular weight excluding hydrogens is 404 g/mol. The second kappa shape index (κ2) is 11.5. The van der Waals surface area contributed by atoms with Crippen LogP contribution in [0.1, 0.15) is 44.2 Å². The van der Waals surface area contributed by atoms with Gasteiger partial charge in [0.15, 0.2) is 0 Å². The molecule has 0 spiro atoms. The fourth-order valence-corrected chi connectivity index (χ4v) is 3.73. The Morgan fingerprint density at radius 3 is 2.09 bits per heavy atom. The third-order valence-electron chi connectivity index (χ3n) is 5.42. The zero-order valence-corrected chi connectivity index (χ0v) is 19.2. The van der Waals surface area contributed by atoms with E-state index >= 15 is 0 Å². The van der Waals surface area contributed by atoms with Crippen LogP contribution in [0.3, 0.4) is 0 Å². The highest BCUT2D eigenvalue weighted by Crippen LogP contribution is 2.31. The Morgan fingerprint density at radius 2 is 1.50 bits per heavy atom. The van der Waals surface area contributed by atoms with Gasteiger partial charge in [-0.1, -0.05) is 74.5 Å². The number of carbonyl (C=O) groups excluding carboxylic acids is 1. The van der Waals surface area contributed by atoms with Crippen LogP contribution < -0.4 is 0 Å². The van der Waals surface area contributed by atoms with Crippen LogP contribution in [0.15, 0.2) is 70.6 Å². The van der Waals surface area contributed by atoms with Crippen molar-refractivity contribution in [3.63, 3.8) is 0 Å². The minimum atomic E-state index is -0.489. The Bertz CT molecular complexity index is 925. The number of hydrogen-bond acceptors (Lipinski definition) is 6. The number of benzene rings is 2. The molecule has 0 saturated heterocycles. The van der Waals surface area contributed by atoms with Gasteiger partial charge in [-0.3, -0.25) is 4.79 Å². The minimum Gasteiger partial charge on any atom is -0.480 e. The number of esters is 1. The standard InChI is InChI=1S/C26H32N2O4/c1-5-31-25-23(18(2)3)27-26(32-17-19-12-8-6-9-13-19)24(28-25)21(16-22(29)30-4)20-14-10-7-11-15-20/h6-15,18,21,23-24H,5,16-17H2,1-4H3/t21-,23-,24+/m0/s1. The first kappa shape index (κ1) is 23.5. The summed E-state index contributed by atoms with van der Waals surface area (Å²) < 4.78 is 17.1. The first-order chi connectivity index (χ1) is 15.5. The fraction of sp³-hybridized carbons (Fsp3) is 0.423. The summed E-state index contributed by atoms with van der Waals surface area (Å²) in [7, 11) is 1.40. The molecule has 0 amide bonds. The predicted molar refractivity (Wildman–Crippen MR) is 126 cm³/mol. The summed E-state index contributed by atoms with van der Waals surface area (Å²) in [4.78, 5) is 22.2. The molecule has 0 radical (unpaired) electrons. The summed E-state index contributed by atoms with van der Waals surface area (Å²) in [5, 5.41) is 0. The maximum atomic E-state index is 12.3. The van der Waals surface area contributed by atoms with E-state index in [1.165, 1.54) is 7.11 Å². The lowest BCUT2D eigenvalue weighted by molar-refractivity contribution is -0.141. The molecule has 1 aliphatic heterocycles. The molecule has 3 atom stereocenters. The smallest absolute Gasteiger partial charge is 0.306 e. The molecule has 1 heterocycles. The molecular formula is C26H32N2O4. The van der Waals surface area contributed by atoms with E-state index in [-0.39, 0.29) is 30.3 Å². The summed E-state index contributed by atoms with van der Waals surface area (Å²) in [6.07, 6.45) is 0.161. The predicted octanol–water partition coefficient (Wildman–Crippen LogP) is 4.79. The van der Waals surface area contributed by atoms with E-state index in [2.05, 4.69) is 13.8 Å². The molecule has 2 aromatic rings. The van der Waals surface area contributed by atoms with Crippen molar-refractivity contribution in [2.45, 2.75) is 51.8 Å². The molecule has 32 heavy (non-hydrogen) atoms. The number of aliphatic imine (C=N–C) groups is 2. The van der Waals surface area contributed by atoms with Crippen molar-refractivity contribution in [1.82, 2.24) is 0 Å². The van der Waals surface area contributed by atoms with Crippen molar-refractivity contribution in [2.75, 3.05) is 13.7 Å². The summed E-state index contributed by atoms with van der Waals surface area (Å²) in [6, 6.07) is 19.1. The highest BCUT2D eigenvalue weighted by molar-refractivity contribution is 5.95. The maximum Gasteiger partial charge on any atom is 0.306 e. The third kappa shape index (κ3) is 5.96. The Morgan fingerprint density at radius 1 is 0.906 bits per heavy atom. The van der Waals surface area contributed by atoms with Gasteiger partial charge in [0.25, 0.3) is 0 Å². The second-order valence-electron chi connectivity index (χ2n) is 8.07. The van der Waals surface area contributed by atoms with Crippen molar-refractivity contribution in [1.29, 1.82) is 0 Å². The molecule has 0 fully saturated rings. The van der Waals surface area contributed by atoms with Crippen molar-refractivity contribution >= 4 is 17.8 Å². The van der Waals surface area contributed by atoms with Gasteiger partial charge in [0.1, 0.15) is 18.7 Å². The number of hydrogen-bond donors (Lipinski definition) is 0. The van der Waals surface area contributed by atoms with Gasteiger partial charge >= 0.3 is 5.97 Å². The Labute approximate surface area is 190 Å². The van der Waals surface area contributed by atoms with Crippen molar-refractivity contribution < 1.29 is 19.0 Å². The second-order valence-corrected chi connectivity index (χ2v) is 8.07. The molecule has 0 bridgehead atoms. The number of methoxy groups -OCH3 is 1. The summed E-state index contributed by atoms with van der Waals surface area (Å²) in [5.74, 6) is 0.702. The van der Waals surface area contributed by atoms with E-state index in [1.54, 1.807) is 0 Å². The topological polar surface area (TPSA) is 69.5 Å². The quantitative estimate of drug-likeness (QED) is 0.558. The van der Waals surface area contributed by atoms with Crippen molar-refractivity contribution in [3.05, 3.63) is 71.8 Å². The van der Waals surface area contributed by atoms with Crippen LogP contribution in [0.5, 0.6) is 0 Å². The monoisotopic (exact) mass is 436 g/mol. The van der Waals surface area contributed by atoms with Crippen LogP contribution in [0, 0.1) is 5.92 Å². The van der Waals surface area contributed by atoms with Crippen molar-refractivity contribution in [2.24, 2.45) is 15.9 Å². The molecule has 0 unspecified atom stereocenters. The average molecular weight is 437 g/mol. The summed E-state index contributed by atoms with van der Waals surface area (Å²) in [6.45, 7) is 6.98. The highest BCUT2D eigenvalue weighted by atomic mass is 16.5. The van der Waals surface area contributed by atoms with Crippen LogP contribution in [-0.2, 0) is 25.6 Å². The van der Waals surface area contributed by atoms with E-state index in [0.29, 0.717) is 25.0 Å². The van der Waals surface area contributed by atoms with E-state index in [1.807, 2.05) is 67.6 Å². The normalized spacial score (nSPS) is 19.0.